The van der Waals surface area contributed by atoms with E-state index >= 15 is 0 Å². The predicted molar refractivity (Wildman–Crippen MR) is 84.7 cm³/mol. The lowest BCUT2D eigenvalue weighted by Gasteiger charge is -2.37. The average Bonchev–Trinajstić information content (AvgIpc) is 2.48. The van der Waals surface area contributed by atoms with Gasteiger partial charge in [-0.2, -0.15) is 0 Å². The third-order valence-electron chi connectivity index (χ3n) is 4.06. The van der Waals surface area contributed by atoms with Crippen molar-refractivity contribution in [3.8, 4) is 0 Å². The van der Waals surface area contributed by atoms with Gasteiger partial charge < -0.3 is 14.7 Å². The van der Waals surface area contributed by atoms with Gasteiger partial charge in [-0.25, -0.2) is 4.79 Å². The Kier molecular flexibility index (Phi) is 5.48. The normalized spacial score (nSPS) is 16.0. The average molecular weight is 312 g/mol. The first-order valence-electron chi connectivity index (χ1n) is 7.48. The molecule has 0 amide bonds. The molecule has 0 saturated carbocycles. The summed E-state index contributed by atoms with van der Waals surface area (Å²) in [5.74, 6) is -0.918. The molecule has 0 bridgehead atoms. The highest BCUT2D eigenvalue weighted by atomic mass is 35.5. The number of benzene rings is 1. The van der Waals surface area contributed by atoms with Gasteiger partial charge >= 0.3 is 5.97 Å². The molecule has 0 atom stereocenters. The smallest absolute Gasteiger partial charge is 0.336 e. The van der Waals surface area contributed by atoms with Crippen molar-refractivity contribution in [2.45, 2.75) is 39.2 Å². The first kappa shape index (κ1) is 16.1. The summed E-state index contributed by atoms with van der Waals surface area (Å²) < 4.78 is 5.43. The molecular formula is C16H22ClNO3. The van der Waals surface area contributed by atoms with Crippen LogP contribution in [-0.2, 0) is 11.2 Å². The van der Waals surface area contributed by atoms with Gasteiger partial charge in [0.1, 0.15) is 0 Å². The van der Waals surface area contributed by atoms with Gasteiger partial charge in [0.05, 0.1) is 5.56 Å². The molecule has 21 heavy (non-hydrogen) atoms. The van der Waals surface area contributed by atoms with Gasteiger partial charge in [0.25, 0.3) is 0 Å². The number of hydrogen-bond donors (Lipinski definition) is 1. The summed E-state index contributed by atoms with van der Waals surface area (Å²) in [4.78, 5) is 13.8. The molecule has 1 aliphatic heterocycles. The Labute approximate surface area is 130 Å². The van der Waals surface area contributed by atoms with E-state index in [1.54, 1.807) is 6.07 Å². The van der Waals surface area contributed by atoms with Crippen molar-refractivity contribution in [3.05, 3.63) is 28.3 Å². The van der Waals surface area contributed by atoms with Crippen LogP contribution in [0.15, 0.2) is 12.1 Å². The van der Waals surface area contributed by atoms with E-state index in [1.807, 2.05) is 13.0 Å². The Balaban J connectivity index is 2.46. The standard InChI is InChI=1S/C16H22ClNO3/c1-3-13-14(16(19)20)9-11(17)10-15(13)18(4-2)12-5-7-21-8-6-12/h9-10,12H,3-8H2,1-2H3,(H,19,20). The Morgan fingerprint density at radius 2 is 2.05 bits per heavy atom. The number of nitrogens with zero attached hydrogens (tertiary/aromatic N) is 1. The second-order valence-electron chi connectivity index (χ2n) is 5.24. The van der Waals surface area contributed by atoms with E-state index in [0.717, 1.165) is 43.9 Å². The SMILES string of the molecule is CCc1c(C(=O)O)cc(Cl)cc1N(CC)C1CCOCC1. The fourth-order valence-electron chi connectivity index (χ4n) is 3.06. The molecule has 0 aliphatic carbocycles. The second kappa shape index (κ2) is 7.14. The van der Waals surface area contributed by atoms with Crippen LogP contribution in [0.1, 0.15) is 42.6 Å². The van der Waals surface area contributed by atoms with Crippen LogP contribution < -0.4 is 4.90 Å². The highest BCUT2D eigenvalue weighted by molar-refractivity contribution is 6.31. The molecular weight excluding hydrogens is 290 g/mol. The lowest BCUT2D eigenvalue weighted by Crippen LogP contribution is -2.40. The van der Waals surface area contributed by atoms with Crippen LogP contribution in [-0.4, -0.2) is 36.9 Å². The number of carboxylic acids is 1. The maximum absolute atomic E-state index is 11.5. The van der Waals surface area contributed by atoms with Crippen molar-refractivity contribution >= 4 is 23.3 Å². The van der Waals surface area contributed by atoms with Gasteiger partial charge in [0.2, 0.25) is 0 Å². The van der Waals surface area contributed by atoms with E-state index in [9.17, 15) is 9.90 Å². The van der Waals surface area contributed by atoms with Crippen molar-refractivity contribution in [3.63, 3.8) is 0 Å². The Morgan fingerprint density at radius 1 is 1.38 bits per heavy atom. The minimum atomic E-state index is -0.918. The third kappa shape index (κ3) is 3.50. The fraction of sp³-hybridized carbons (Fsp3) is 0.562. The zero-order chi connectivity index (χ0) is 15.4. The quantitative estimate of drug-likeness (QED) is 0.902. The summed E-state index contributed by atoms with van der Waals surface area (Å²) >= 11 is 6.15. The molecule has 5 heteroatoms. The van der Waals surface area contributed by atoms with Gasteiger partial charge in [-0.15, -0.1) is 0 Å². The fourth-order valence-corrected chi connectivity index (χ4v) is 3.28. The summed E-state index contributed by atoms with van der Waals surface area (Å²) in [5, 5.41) is 9.89. The Hall–Kier alpha value is -1.26. The Morgan fingerprint density at radius 3 is 2.57 bits per heavy atom. The molecule has 2 rings (SSSR count). The van der Waals surface area contributed by atoms with Crippen molar-refractivity contribution in [2.75, 3.05) is 24.7 Å². The minimum Gasteiger partial charge on any atom is -0.478 e. The summed E-state index contributed by atoms with van der Waals surface area (Å²) in [5.41, 5.74) is 2.13. The molecule has 0 spiro atoms. The van der Waals surface area contributed by atoms with Gasteiger partial charge in [0.15, 0.2) is 0 Å². The number of carbonyl (C=O) groups is 1. The summed E-state index contributed by atoms with van der Waals surface area (Å²) in [6, 6.07) is 3.82. The van der Waals surface area contributed by atoms with Crippen LogP contribution in [0.4, 0.5) is 5.69 Å². The lowest BCUT2D eigenvalue weighted by molar-refractivity contribution is 0.0695. The molecule has 1 aromatic carbocycles. The van der Waals surface area contributed by atoms with E-state index in [2.05, 4.69) is 11.8 Å². The molecule has 1 aromatic rings. The van der Waals surface area contributed by atoms with E-state index < -0.39 is 5.97 Å². The number of aromatic carboxylic acids is 1. The van der Waals surface area contributed by atoms with Crippen molar-refractivity contribution in [1.82, 2.24) is 0 Å². The van der Waals surface area contributed by atoms with Crippen molar-refractivity contribution < 1.29 is 14.6 Å². The van der Waals surface area contributed by atoms with Gasteiger partial charge in [0, 0.05) is 36.5 Å². The molecule has 1 fully saturated rings. The monoisotopic (exact) mass is 311 g/mol. The zero-order valence-electron chi connectivity index (χ0n) is 12.6. The molecule has 4 nitrogen and oxygen atoms in total. The first-order valence-corrected chi connectivity index (χ1v) is 7.86. The molecule has 0 radical (unpaired) electrons. The zero-order valence-corrected chi connectivity index (χ0v) is 13.3. The van der Waals surface area contributed by atoms with Crippen LogP contribution in [0.3, 0.4) is 0 Å². The largest absolute Gasteiger partial charge is 0.478 e. The first-order chi connectivity index (χ1) is 10.1. The third-order valence-corrected chi connectivity index (χ3v) is 4.28. The van der Waals surface area contributed by atoms with Gasteiger partial charge in [-0.05, 0) is 43.9 Å². The van der Waals surface area contributed by atoms with Gasteiger partial charge in [-0.1, -0.05) is 18.5 Å². The summed E-state index contributed by atoms with van der Waals surface area (Å²) in [7, 11) is 0. The van der Waals surface area contributed by atoms with E-state index in [-0.39, 0.29) is 0 Å². The predicted octanol–water partition coefficient (Wildman–Crippen LogP) is 3.61. The maximum Gasteiger partial charge on any atom is 0.336 e. The summed E-state index contributed by atoms with van der Waals surface area (Å²) in [6.07, 6.45) is 2.60. The van der Waals surface area contributed by atoms with Crippen LogP contribution in [0.25, 0.3) is 0 Å². The van der Waals surface area contributed by atoms with Crippen LogP contribution in [0, 0.1) is 0 Å². The molecule has 0 aromatic heterocycles. The number of halogens is 1. The van der Waals surface area contributed by atoms with E-state index in [4.69, 9.17) is 16.3 Å². The van der Waals surface area contributed by atoms with E-state index in [0.29, 0.717) is 23.0 Å². The Bertz CT molecular complexity index is 512. The van der Waals surface area contributed by atoms with Crippen LogP contribution in [0.2, 0.25) is 5.02 Å². The van der Waals surface area contributed by atoms with Gasteiger partial charge in [-0.3, -0.25) is 0 Å². The maximum atomic E-state index is 11.5. The number of rotatable bonds is 5. The summed E-state index contributed by atoms with van der Waals surface area (Å²) in [6.45, 7) is 6.42. The molecule has 1 aliphatic rings. The molecule has 1 heterocycles. The van der Waals surface area contributed by atoms with Crippen molar-refractivity contribution in [1.29, 1.82) is 0 Å². The molecule has 1 saturated heterocycles. The molecule has 0 unspecified atom stereocenters. The number of hydrogen-bond acceptors (Lipinski definition) is 3. The minimum absolute atomic E-state index is 0.311. The molecule has 1 N–H and O–H groups in total. The second-order valence-corrected chi connectivity index (χ2v) is 5.68. The highest BCUT2D eigenvalue weighted by Crippen LogP contribution is 2.32. The molecule has 116 valence electrons. The van der Waals surface area contributed by atoms with Crippen molar-refractivity contribution in [2.24, 2.45) is 0 Å². The highest BCUT2D eigenvalue weighted by Gasteiger charge is 2.25. The lowest BCUT2D eigenvalue weighted by atomic mass is 9.99. The number of ether oxygens (including phenoxy) is 1. The number of anilines is 1. The van der Waals surface area contributed by atoms with Crippen LogP contribution in [0.5, 0.6) is 0 Å². The number of carboxylic acid groups (broad SMARTS) is 1. The van der Waals surface area contributed by atoms with E-state index in [1.165, 1.54) is 0 Å². The van der Waals surface area contributed by atoms with Crippen LogP contribution >= 0.6 is 11.6 Å². The topological polar surface area (TPSA) is 49.8 Å².